The van der Waals surface area contributed by atoms with E-state index in [0.717, 1.165) is 0 Å². The Bertz CT molecular complexity index is 838. The minimum Gasteiger partial charge on any atom is -0.493 e. The van der Waals surface area contributed by atoms with Gasteiger partial charge in [0, 0.05) is 5.69 Å². The Morgan fingerprint density at radius 3 is 2.79 bits per heavy atom. The molecule has 3 rings (SSSR count). The van der Waals surface area contributed by atoms with Crippen molar-refractivity contribution >= 4 is 17.7 Å². The van der Waals surface area contributed by atoms with E-state index in [1.54, 1.807) is 36.4 Å². The lowest BCUT2D eigenvalue weighted by molar-refractivity contribution is -0.112. The number of nitriles is 1. The van der Waals surface area contributed by atoms with E-state index in [9.17, 15) is 10.1 Å². The maximum absolute atomic E-state index is 12.2. The molecule has 120 valence electrons. The summed E-state index contributed by atoms with van der Waals surface area (Å²) < 4.78 is 15.9. The van der Waals surface area contributed by atoms with Gasteiger partial charge in [0.05, 0.1) is 7.11 Å². The fourth-order valence-electron chi connectivity index (χ4n) is 2.27. The molecule has 0 unspecified atom stereocenters. The number of ether oxygens (including phenoxy) is 3. The molecule has 0 saturated carbocycles. The van der Waals surface area contributed by atoms with Gasteiger partial charge in [0.15, 0.2) is 11.5 Å². The number of amides is 1. The number of nitrogens with zero attached hydrogens (tertiary/aromatic N) is 1. The van der Waals surface area contributed by atoms with Gasteiger partial charge in [0.1, 0.15) is 11.6 Å². The van der Waals surface area contributed by atoms with Crippen LogP contribution in [0.3, 0.4) is 0 Å². The number of nitrogens with one attached hydrogen (secondary N) is 1. The Morgan fingerprint density at radius 2 is 2.08 bits per heavy atom. The van der Waals surface area contributed by atoms with Crippen molar-refractivity contribution in [1.29, 1.82) is 5.26 Å². The summed E-state index contributed by atoms with van der Waals surface area (Å²) in [6, 6.07) is 14.2. The van der Waals surface area contributed by atoms with Crippen LogP contribution in [-0.4, -0.2) is 19.8 Å². The van der Waals surface area contributed by atoms with Crippen LogP contribution < -0.4 is 19.5 Å². The van der Waals surface area contributed by atoms with E-state index >= 15 is 0 Å². The van der Waals surface area contributed by atoms with Crippen LogP contribution in [0.4, 0.5) is 5.69 Å². The second-order valence-corrected chi connectivity index (χ2v) is 4.95. The summed E-state index contributed by atoms with van der Waals surface area (Å²) in [5.41, 5.74) is 1.20. The van der Waals surface area contributed by atoms with Crippen molar-refractivity contribution in [1.82, 2.24) is 0 Å². The Morgan fingerprint density at radius 1 is 1.29 bits per heavy atom. The number of hydrogen-bond acceptors (Lipinski definition) is 5. The van der Waals surface area contributed by atoms with Crippen LogP contribution in [0.1, 0.15) is 5.56 Å². The molecule has 0 saturated heterocycles. The summed E-state index contributed by atoms with van der Waals surface area (Å²) in [6.45, 7) is 0.110. The number of methoxy groups -OCH3 is 1. The molecular formula is C18H14N2O4. The number of fused-ring (bicyclic) bond motifs is 1. The Hall–Kier alpha value is -3.46. The fourth-order valence-corrected chi connectivity index (χ4v) is 2.27. The molecule has 1 amide bonds. The first kappa shape index (κ1) is 15.4. The van der Waals surface area contributed by atoms with Gasteiger partial charge in [-0.3, -0.25) is 4.79 Å². The van der Waals surface area contributed by atoms with Crippen molar-refractivity contribution in [3.63, 3.8) is 0 Å². The van der Waals surface area contributed by atoms with Gasteiger partial charge in [-0.1, -0.05) is 18.2 Å². The average Bonchev–Trinajstić information content (AvgIpc) is 3.08. The van der Waals surface area contributed by atoms with Crippen LogP contribution >= 0.6 is 0 Å². The summed E-state index contributed by atoms with van der Waals surface area (Å²) in [5.74, 6) is 1.03. The van der Waals surface area contributed by atoms with Crippen LogP contribution in [-0.2, 0) is 4.79 Å². The van der Waals surface area contributed by atoms with Crippen molar-refractivity contribution < 1.29 is 19.0 Å². The predicted molar refractivity (Wildman–Crippen MR) is 87.8 cm³/mol. The molecule has 6 heteroatoms. The maximum atomic E-state index is 12.2. The van der Waals surface area contributed by atoms with Crippen molar-refractivity contribution in [2.24, 2.45) is 0 Å². The maximum Gasteiger partial charge on any atom is 0.266 e. The summed E-state index contributed by atoms with van der Waals surface area (Å²) in [4.78, 5) is 12.2. The smallest absolute Gasteiger partial charge is 0.266 e. The molecule has 1 aliphatic rings. The fraction of sp³-hybridized carbons (Fsp3) is 0.111. The largest absolute Gasteiger partial charge is 0.493 e. The molecular weight excluding hydrogens is 308 g/mol. The monoisotopic (exact) mass is 322 g/mol. The third-order valence-corrected chi connectivity index (χ3v) is 3.39. The van der Waals surface area contributed by atoms with Crippen LogP contribution in [0.25, 0.3) is 6.08 Å². The topological polar surface area (TPSA) is 80.6 Å². The number of hydrogen-bond donors (Lipinski definition) is 1. The molecule has 1 N–H and O–H groups in total. The van der Waals surface area contributed by atoms with E-state index in [2.05, 4.69) is 5.32 Å². The highest BCUT2D eigenvalue weighted by Crippen LogP contribution is 2.42. The number of carbonyl (C=O) groups excluding carboxylic acids is 1. The second kappa shape index (κ2) is 6.75. The van der Waals surface area contributed by atoms with Crippen molar-refractivity contribution in [3.8, 4) is 23.3 Å². The average molecular weight is 322 g/mol. The summed E-state index contributed by atoms with van der Waals surface area (Å²) >= 11 is 0. The van der Waals surface area contributed by atoms with Crippen molar-refractivity contribution in [3.05, 3.63) is 53.6 Å². The molecule has 2 aromatic carbocycles. The highest BCUT2D eigenvalue weighted by Gasteiger charge is 2.20. The first-order valence-corrected chi connectivity index (χ1v) is 7.17. The van der Waals surface area contributed by atoms with E-state index in [1.807, 2.05) is 12.1 Å². The first-order chi connectivity index (χ1) is 11.7. The molecule has 0 bridgehead atoms. The molecule has 1 heterocycles. The molecule has 1 aliphatic heterocycles. The standard InChI is InChI=1S/C18H14N2O4/c1-22-15-8-12(9-16-17(15)24-11-23-16)7-13(10-19)18(21)20-14-5-3-2-4-6-14/h2-9H,11H2,1H3,(H,20,21)/b13-7+. The highest BCUT2D eigenvalue weighted by atomic mass is 16.7. The zero-order valence-corrected chi connectivity index (χ0v) is 12.9. The van der Waals surface area contributed by atoms with E-state index in [0.29, 0.717) is 28.5 Å². The van der Waals surface area contributed by atoms with Crippen LogP contribution in [0.15, 0.2) is 48.0 Å². The minimum atomic E-state index is -0.486. The number of anilines is 1. The van der Waals surface area contributed by atoms with Crippen LogP contribution in [0, 0.1) is 11.3 Å². The van der Waals surface area contributed by atoms with Gasteiger partial charge in [-0.15, -0.1) is 0 Å². The van der Waals surface area contributed by atoms with Crippen molar-refractivity contribution in [2.75, 3.05) is 19.2 Å². The van der Waals surface area contributed by atoms with Gasteiger partial charge in [-0.05, 0) is 35.9 Å². The van der Waals surface area contributed by atoms with Gasteiger partial charge in [0.2, 0.25) is 12.5 Å². The summed E-state index contributed by atoms with van der Waals surface area (Å²) in [5, 5.41) is 12.0. The predicted octanol–water partition coefficient (Wildman–Crippen LogP) is 2.97. The van der Waals surface area contributed by atoms with E-state index < -0.39 is 5.91 Å². The molecule has 0 aromatic heterocycles. The molecule has 24 heavy (non-hydrogen) atoms. The lowest BCUT2D eigenvalue weighted by atomic mass is 10.1. The molecule has 2 aromatic rings. The molecule has 0 fully saturated rings. The lowest BCUT2D eigenvalue weighted by Crippen LogP contribution is -2.13. The number of rotatable bonds is 4. The third kappa shape index (κ3) is 3.15. The van der Waals surface area contributed by atoms with Gasteiger partial charge < -0.3 is 19.5 Å². The molecule has 0 spiro atoms. The highest BCUT2D eigenvalue weighted by molar-refractivity contribution is 6.09. The number of carbonyl (C=O) groups is 1. The van der Waals surface area contributed by atoms with E-state index in [-0.39, 0.29) is 12.4 Å². The molecule has 0 radical (unpaired) electrons. The second-order valence-electron chi connectivity index (χ2n) is 4.95. The minimum absolute atomic E-state index is 0.0280. The van der Waals surface area contributed by atoms with Gasteiger partial charge in [0.25, 0.3) is 5.91 Å². The van der Waals surface area contributed by atoms with Gasteiger partial charge in [-0.2, -0.15) is 5.26 Å². The van der Waals surface area contributed by atoms with E-state index in [4.69, 9.17) is 14.2 Å². The summed E-state index contributed by atoms with van der Waals surface area (Å²) in [7, 11) is 1.51. The van der Waals surface area contributed by atoms with Crippen LogP contribution in [0.5, 0.6) is 17.2 Å². The molecule has 0 atom stereocenters. The first-order valence-electron chi connectivity index (χ1n) is 7.17. The number of para-hydroxylation sites is 1. The van der Waals surface area contributed by atoms with Gasteiger partial charge in [-0.25, -0.2) is 0 Å². The number of benzene rings is 2. The van der Waals surface area contributed by atoms with E-state index in [1.165, 1.54) is 13.2 Å². The Balaban J connectivity index is 1.88. The quantitative estimate of drug-likeness (QED) is 0.691. The van der Waals surface area contributed by atoms with Crippen molar-refractivity contribution in [2.45, 2.75) is 0 Å². The normalized spacial score (nSPS) is 12.4. The third-order valence-electron chi connectivity index (χ3n) is 3.39. The molecule has 6 nitrogen and oxygen atoms in total. The SMILES string of the molecule is COc1cc(/C=C(\C#N)C(=O)Nc2ccccc2)cc2c1OCO2. The van der Waals surface area contributed by atoms with Gasteiger partial charge >= 0.3 is 0 Å². The summed E-state index contributed by atoms with van der Waals surface area (Å²) in [6.07, 6.45) is 1.47. The zero-order chi connectivity index (χ0) is 16.9. The Labute approximate surface area is 138 Å². The molecule has 0 aliphatic carbocycles. The lowest BCUT2D eigenvalue weighted by Gasteiger charge is -2.07. The Kier molecular flexibility index (Phi) is 4.34. The zero-order valence-electron chi connectivity index (χ0n) is 12.9. The van der Waals surface area contributed by atoms with Crippen LogP contribution in [0.2, 0.25) is 0 Å².